The molecule has 0 bridgehead atoms. The number of nitrogens with one attached hydrogen (secondary N) is 1. The molecule has 1 saturated heterocycles. The zero-order valence-electron chi connectivity index (χ0n) is 17.8. The number of halogens is 1. The molecule has 0 aliphatic carbocycles. The molecule has 1 aromatic carbocycles. The van der Waals surface area contributed by atoms with Gasteiger partial charge in [0.25, 0.3) is 5.89 Å². The van der Waals surface area contributed by atoms with Gasteiger partial charge in [-0.1, -0.05) is 12.1 Å². The molecule has 32 heavy (non-hydrogen) atoms. The van der Waals surface area contributed by atoms with Crippen LogP contribution in [0, 0.1) is 17.1 Å². The van der Waals surface area contributed by atoms with Gasteiger partial charge in [-0.2, -0.15) is 10.2 Å². The van der Waals surface area contributed by atoms with Gasteiger partial charge in [-0.15, -0.1) is 0 Å². The van der Waals surface area contributed by atoms with Crippen LogP contribution < -0.4 is 10.2 Å². The highest BCUT2D eigenvalue weighted by Crippen LogP contribution is 2.29. The predicted molar refractivity (Wildman–Crippen MR) is 115 cm³/mol. The first-order chi connectivity index (χ1) is 15.5. The van der Waals surface area contributed by atoms with E-state index >= 15 is 0 Å². The van der Waals surface area contributed by atoms with Crippen molar-refractivity contribution in [3.05, 3.63) is 59.7 Å². The predicted octanol–water partition coefficient (Wildman–Crippen LogP) is 2.81. The van der Waals surface area contributed by atoms with E-state index in [0.29, 0.717) is 50.8 Å². The molecule has 1 fully saturated rings. The smallest absolute Gasteiger partial charge is 0.266 e. The Bertz CT molecular complexity index is 1080. The van der Waals surface area contributed by atoms with Gasteiger partial charge in [0.05, 0.1) is 12.3 Å². The van der Waals surface area contributed by atoms with Gasteiger partial charge in [-0.25, -0.2) is 4.39 Å². The lowest BCUT2D eigenvalue weighted by Crippen LogP contribution is -2.54. The number of hydrogen-bond donors (Lipinski definition) is 1. The second-order valence-electron chi connectivity index (χ2n) is 7.63. The van der Waals surface area contributed by atoms with Gasteiger partial charge >= 0.3 is 0 Å². The van der Waals surface area contributed by atoms with E-state index in [1.54, 1.807) is 24.3 Å². The average Bonchev–Trinajstić information content (AvgIpc) is 3.50. The summed E-state index contributed by atoms with van der Waals surface area (Å²) in [7, 11) is 0. The van der Waals surface area contributed by atoms with Crippen LogP contribution in [0.25, 0.3) is 11.7 Å². The van der Waals surface area contributed by atoms with Gasteiger partial charge < -0.3 is 19.1 Å². The Morgan fingerprint density at radius 2 is 2.00 bits per heavy atom. The summed E-state index contributed by atoms with van der Waals surface area (Å²) < 4.78 is 24.1. The molecule has 4 rings (SSSR count). The van der Waals surface area contributed by atoms with Crippen molar-refractivity contribution < 1.29 is 18.0 Å². The van der Waals surface area contributed by atoms with Crippen molar-refractivity contribution in [1.82, 2.24) is 15.2 Å². The largest absolute Gasteiger partial charge is 0.459 e. The molecule has 0 spiro atoms. The van der Waals surface area contributed by atoms with E-state index in [-0.39, 0.29) is 29.4 Å². The number of benzene rings is 1. The fourth-order valence-corrected chi connectivity index (χ4v) is 3.71. The van der Waals surface area contributed by atoms with Gasteiger partial charge in [-0.3, -0.25) is 9.69 Å². The monoisotopic (exact) mass is 437 g/mol. The Hall–Kier alpha value is -3.64. The summed E-state index contributed by atoms with van der Waals surface area (Å²) in [6.07, 6.45) is 2.17. The Morgan fingerprint density at radius 3 is 2.66 bits per heavy atom. The van der Waals surface area contributed by atoms with Crippen molar-refractivity contribution in [1.29, 1.82) is 5.26 Å². The molecule has 0 unspecified atom stereocenters. The van der Waals surface area contributed by atoms with Crippen LogP contribution in [0.4, 0.5) is 10.3 Å². The summed E-state index contributed by atoms with van der Waals surface area (Å²) in [4.78, 5) is 20.9. The van der Waals surface area contributed by atoms with Crippen molar-refractivity contribution >= 4 is 11.8 Å². The maximum Gasteiger partial charge on any atom is 0.266 e. The number of furan rings is 1. The maximum absolute atomic E-state index is 13.0. The molecule has 3 aromatic rings. The van der Waals surface area contributed by atoms with E-state index in [2.05, 4.69) is 21.3 Å². The highest BCUT2D eigenvalue weighted by atomic mass is 19.1. The summed E-state index contributed by atoms with van der Waals surface area (Å²) in [5.41, 5.74) is 1.19. The first-order valence-electron chi connectivity index (χ1n) is 10.5. The lowest BCUT2D eigenvalue weighted by atomic mass is 10.1. The van der Waals surface area contributed by atoms with Gasteiger partial charge in [0.1, 0.15) is 11.9 Å². The number of anilines is 1. The minimum atomic E-state index is -0.283. The molecule has 0 saturated carbocycles. The molecule has 1 amide bonds. The van der Waals surface area contributed by atoms with Crippen LogP contribution in [0.2, 0.25) is 0 Å². The standard InChI is InChI=1S/C23H24FN5O3/c1-16(21(30)26-9-8-17-4-6-18(24)7-5-17)28-10-12-29(13-11-28)23-19(15-25)27-22(32-23)20-3-2-14-31-20/h2-7,14,16H,8-13H2,1H3,(H,26,30)/t16-/m1/s1. The van der Waals surface area contributed by atoms with Crippen LogP contribution >= 0.6 is 0 Å². The van der Waals surface area contributed by atoms with E-state index in [1.807, 2.05) is 11.8 Å². The Kier molecular flexibility index (Phi) is 6.52. The third-order valence-electron chi connectivity index (χ3n) is 5.60. The number of carbonyl (C=O) groups excluding carboxylic acids is 1. The molecular formula is C23H24FN5O3. The molecule has 1 aliphatic rings. The Labute approximate surface area is 185 Å². The summed E-state index contributed by atoms with van der Waals surface area (Å²) in [5.74, 6) is 0.859. The second kappa shape index (κ2) is 9.66. The number of rotatable bonds is 7. The first kappa shape index (κ1) is 21.6. The van der Waals surface area contributed by atoms with Crippen molar-refractivity contribution in [3.63, 3.8) is 0 Å². The van der Waals surface area contributed by atoms with Gasteiger partial charge in [-0.05, 0) is 43.2 Å². The molecule has 0 radical (unpaired) electrons. The van der Waals surface area contributed by atoms with Gasteiger partial charge in [0, 0.05) is 32.7 Å². The minimum absolute atomic E-state index is 0.0435. The number of piperazine rings is 1. The zero-order chi connectivity index (χ0) is 22.5. The number of aromatic nitrogens is 1. The lowest BCUT2D eigenvalue weighted by molar-refractivity contribution is -0.126. The molecule has 9 heteroatoms. The third kappa shape index (κ3) is 4.81. The second-order valence-corrected chi connectivity index (χ2v) is 7.63. The number of nitrogens with zero attached hydrogens (tertiary/aromatic N) is 4. The van der Waals surface area contributed by atoms with Crippen LogP contribution in [0.15, 0.2) is 51.5 Å². The number of carbonyl (C=O) groups is 1. The van der Waals surface area contributed by atoms with Crippen LogP contribution in [-0.4, -0.2) is 54.6 Å². The Morgan fingerprint density at radius 1 is 1.25 bits per heavy atom. The highest BCUT2D eigenvalue weighted by Gasteiger charge is 2.29. The van der Waals surface area contributed by atoms with E-state index in [4.69, 9.17) is 8.83 Å². The highest BCUT2D eigenvalue weighted by molar-refractivity contribution is 5.81. The summed E-state index contributed by atoms with van der Waals surface area (Å²) in [5, 5.41) is 12.4. The molecule has 2 aromatic heterocycles. The van der Waals surface area contributed by atoms with E-state index in [1.165, 1.54) is 18.4 Å². The molecule has 1 N–H and O–H groups in total. The third-order valence-corrected chi connectivity index (χ3v) is 5.60. The van der Waals surface area contributed by atoms with Crippen molar-refractivity contribution in [2.45, 2.75) is 19.4 Å². The molecule has 1 atom stereocenters. The van der Waals surface area contributed by atoms with Crippen LogP contribution in [0.5, 0.6) is 0 Å². The summed E-state index contributed by atoms with van der Waals surface area (Å²) in [6.45, 7) is 4.88. The molecular weight excluding hydrogens is 413 g/mol. The SMILES string of the molecule is C[C@H](C(=O)NCCc1ccc(F)cc1)N1CCN(c2oc(-c3ccco3)nc2C#N)CC1. The molecule has 3 heterocycles. The number of amides is 1. The normalized spacial score (nSPS) is 15.3. The van der Waals surface area contributed by atoms with Gasteiger partial charge in [0.15, 0.2) is 5.76 Å². The van der Waals surface area contributed by atoms with Crippen molar-refractivity contribution in [2.75, 3.05) is 37.6 Å². The average molecular weight is 437 g/mol. The first-order valence-corrected chi connectivity index (χ1v) is 10.5. The lowest BCUT2D eigenvalue weighted by Gasteiger charge is -2.37. The van der Waals surface area contributed by atoms with E-state index < -0.39 is 0 Å². The van der Waals surface area contributed by atoms with E-state index in [0.717, 1.165) is 5.56 Å². The van der Waals surface area contributed by atoms with Gasteiger partial charge in [0.2, 0.25) is 17.5 Å². The number of hydrogen-bond acceptors (Lipinski definition) is 7. The summed E-state index contributed by atoms with van der Waals surface area (Å²) >= 11 is 0. The van der Waals surface area contributed by atoms with Crippen LogP contribution in [0.3, 0.4) is 0 Å². The Balaban J connectivity index is 1.29. The van der Waals surface area contributed by atoms with Crippen molar-refractivity contribution in [3.8, 4) is 17.7 Å². The number of nitriles is 1. The van der Waals surface area contributed by atoms with Crippen LogP contribution in [0.1, 0.15) is 18.2 Å². The summed E-state index contributed by atoms with van der Waals surface area (Å²) in [6, 6.07) is 11.5. The zero-order valence-corrected chi connectivity index (χ0v) is 17.8. The van der Waals surface area contributed by atoms with E-state index in [9.17, 15) is 14.4 Å². The molecule has 8 nitrogen and oxygen atoms in total. The fourth-order valence-electron chi connectivity index (χ4n) is 3.71. The van der Waals surface area contributed by atoms with Crippen LogP contribution in [-0.2, 0) is 11.2 Å². The fraction of sp³-hybridized carbons (Fsp3) is 0.348. The number of oxazole rings is 1. The topological polar surface area (TPSA) is 98.5 Å². The minimum Gasteiger partial charge on any atom is -0.459 e. The maximum atomic E-state index is 13.0. The molecule has 166 valence electrons. The quantitative estimate of drug-likeness (QED) is 0.607. The molecule has 1 aliphatic heterocycles. The van der Waals surface area contributed by atoms with Crippen molar-refractivity contribution in [2.24, 2.45) is 0 Å².